The molecule has 3 aromatic rings. The first-order chi connectivity index (χ1) is 13.5. The molecule has 1 amide bonds. The molecule has 2 aromatic carbocycles. The molecule has 7 nitrogen and oxygen atoms in total. The molecule has 1 N–H and O–H groups in total. The van der Waals surface area contributed by atoms with E-state index < -0.39 is 17.3 Å². The Morgan fingerprint density at radius 1 is 1.07 bits per heavy atom. The highest BCUT2D eigenvalue weighted by Gasteiger charge is 2.37. The second-order valence-corrected chi connectivity index (χ2v) is 6.46. The van der Waals surface area contributed by atoms with Gasteiger partial charge in [-0.25, -0.2) is 0 Å². The molecule has 144 valence electrons. The highest BCUT2D eigenvalue weighted by atomic mass is 16.5. The van der Waals surface area contributed by atoms with Crippen LogP contribution in [0, 0.1) is 0 Å². The quantitative estimate of drug-likeness (QED) is 0.639. The second-order valence-electron chi connectivity index (χ2n) is 6.46. The zero-order chi connectivity index (χ0) is 20.0. The van der Waals surface area contributed by atoms with E-state index >= 15 is 0 Å². The van der Waals surface area contributed by atoms with Crippen LogP contribution in [0.4, 0.5) is 0 Å². The topological polar surface area (TPSA) is 86.1 Å². The summed E-state index contributed by atoms with van der Waals surface area (Å²) in [6.07, 6.45) is 1.40. The van der Waals surface area contributed by atoms with Gasteiger partial charge in [0.25, 0.3) is 5.91 Å². The van der Waals surface area contributed by atoms with Gasteiger partial charge in [0.2, 0.25) is 0 Å². The Balaban J connectivity index is 1.75. The lowest BCUT2D eigenvalue weighted by Crippen LogP contribution is -2.45. The van der Waals surface area contributed by atoms with E-state index in [2.05, 4.69) is 15.5 Å². The van der Waals surface area contributed by atoms with Gasteiger partial charge in [-0.05, 0) is 31.5 Å². The van der Waals surface area contributed by atoms with Crippen molar-refractivity contribution in [1.82, 2.24) is 20.3 Å². The number of hydrogen-bond acceptors (Lipinski definition) is 5. The summed E-state index contributed by atoms with van der Waals surface area (Å²) >= 11 is 0. The van der Waals surface area contributed by atoms with Crippen LogP contribution in [0.1, 0.15) is 29.9 Å². The second kappa shape index (κ2) is 8.47. The largest absolute Gasteiger partial charge is 0.465 e. The third-order valence-corrected chi connectivity index (χ3v) is 4.45. The number of nitrogens with zero attached hydrogens (tertiary/aromatic N) is 3. The summed E-state index contributed by atoms with van der Waals surface area (Å²) < 4.78 is 5.24. The lowest BCUT2D eigenvalue weighted by Gasteiger charge is -2.27. The average molecular weight is 378 g/mol. The maximum absolute atomic E-state index is 12.6. The number of carbonyl (C=O) groups excluding carboxylic acids is 2. The van der Waals surface area contributed by atoms with E-state index in [1.54, 1.807) is 13.8 Å². The van der Waals surface area contributed by atoms with Gasteiger partial charge < -0.3 is 10.1 Å². The fourth-order valence-corrected chi connectivity index (χ4v) is 2.79. The Labute approximate surface area is 163 Å². The molecule has 0 aliphatic rings. The van der Waals surface area contributed by atoms with Crippen molar-refractivity contribution >= 4 is 11.9 Å². The van der Waals surface area contributed by atoms with E-state index in [1.165, 1.54) is 11.0 Å². The molecule has 7 heteroatoms. The smallest absolute Gasteiger partial charge is 0.318 e. The normalized spacial score (nSPS) is 12.8. The van der Waals surface area contributed by atoms with Gasteiger partial charge in [0.1, 0.15) is 5.41 Å². The first-order valence-corrected chi connectivity index (χ1v) is 9.03. The maximum Gasteiger partial charge on any atom is 0.318 e. The monoisotopic (exact) mass is 378 g/mol. The first-order valence-electron chi connectivity index (χ1n) is 9.03. The van der Waals surface area contributed by atoms with Crippen LogP contribution in [0.15, 0.2) is 66.9 Å². The van der Waals surface area contributed by atoms with Crippen LogP contribution in [-0.4, -0.2) is 40.0 Å². The summed E-state index contributed by atoms with van der Waals surface area (Å²) in [6, 6.07) is 18.6. The highest BCUT2D eigenvalue weighted by Crippen LogP contribution is 2.25. The molecule has 0 saturated heterocycles. The van der Waals surface area contributed by atoms with Crippen LogP contribution in [0.3, 0.4) is 0 Å². The van der Waals surface area contributed by atoms with Crippen LogP contribution in [0.2, 0.25) is 0 Å². The standard InChI is InChI=1S/C21H22N4O3/c1-3-28-20(27)21(2,16-10-6-4-7-11-16)15-22-19(26)18-14-23-25(24-18)17-12-8-5-9-13-17/h4-14H,3,15H2,1-2H3,(H,22,26)/t21-/m1/s1. The van der Waals surface area contributed by atoms with Crippen molar-refractivity contribution in [3.8, 4) is 5.69 Å². The van der Waals surface area contributed by atoms with E-state index in [0.29, 0.717) is 0 Å². The zero-order valence-corrected chi connectivity index (χ0v) is 15.8. The predicted molar refractivity (Wildman–Crippen MR) is 104 cm³/mol. The van der Waals surface area contributed by atoms with E-state index in [4.69, 9.17) is 4.74 Å². The summed E-state index contributed by atoms with van der Waals surface area (Å²) in [5, 5.41) is 11.1. The molecular weight excluding hydrogens is 356 g/mol. The van der Waals surface area contributed by atoms with E-state index in [9.17, 15) is 9.59 Å². The third-order valence-electron chi connectivity index (χ3n) is 4.45. The van der Waals surface area contributed by atoms with Gasteiger partial charge in [0, 0.05) is 6.54 Å². The van der Waals surface area contributed by atoms with Crippen molar-refractivity contribution < 1.29 is 14.3 Å². The third kappa shape index (κ3) is 4.09. The van der Waals surface area contributed by atoms with Crippen molar-refractivity contribution in [3.05, 3.63) is 78.1 Å². The van der Waals surface area contributed by atoms with Crippen molar-refractivity contribution in [2.75, 3.05) is 13.2 Å². The molecule has 0 aliphatic carbocycles. The Bertz CT molecular complexity index is 941. The minimum absolute atomic E-state index is 0.0763. The number of esters is 1. The summed E-state index contributed by atoms with van der Waals surface area (Å²) in [5.41, 5.74) is 0.675. The summed E-state index contributed by atoms with van der Waals surface area (Å²) in [7, 11) is 0. The average Bonchev–Trinajstić information content (AvgIpc) is 3.23. The lowest BCUT2D eigenvalue weighted by molar-refractivity contribution is -0.149. The van der Waals surface area contributed by atoms with Gasteiger partial charge in [-0.3, -0.25) is 9.59 Å². The Morgan fingerprint density at radius 2 is 1.71 bits per heavy atom. The van der Waals surface area contributed by atoms with E-state index in [0.717, 1.165) is 11.3 Å². The van der Waals surface area contributed by atoms with E-state index in [1.807, 2.05) is 60.7 Å². The highest BCUT2D eigenvalue weighted by molar-refractivity contribution is 5.93. The van der Waals surface area contributed by atoms with Crippen molar-refractivity contribution in [3.63, 3.8) is 0 Å². The van der Waals surface area contributed by atoms with Crippen molar-refractivity contribution in [1.29, 1.82) is 0 Å². The molecule has 1 aromatic heterocycles. The molecule has 0 aliphatic heterocycles. The first kappa shape index (κ1) is 19.3. The lowest BCUT2D eigenvalue weighted by atomic mass is 9.82. The van der Waals surface area contributed by atoms with Crippen LogP contribution in [0.5, 0.6) is 0 Å². The molecule has 0 saturated carbocycles. The van der Waals surface area contributed by atoms with Gasteiger partial charge in [-0.2, -0.15) is 9.90 Å². The van der Waals surface area contributed by atoms with Gasteiger partial charge in [0.15, 0.2) is 5.69 Å². The number of rotatable bonds is 7. The molecule has 3 rings (SSSR count). The molecule has 0 bridgehead atoms. The Hall–Kier alpha value is -3.48. The number of carbonyl (C=O) groups is 2. The summed E-state index contributed by atoms with van der Waals surface area (Å²) in [6.45, 7) is 3.85. The number of para-hydroxylation sites is 1. The van der Waals surface area contributed by atoms with Gasteiger partial charge >= 0.3 is 5.97 Å². The van der Waals surface area contributed by atoms with Gasteiger partial charge in [-0.1, -0.05) is 48.5 Å². The maximum atomic E-state index is 12.6. The Morgan fingerprint density at radius 3 is 2.36 bits per heavy atom. The molecule has 28 heavy (non-hydrogen) atoms. The van der Waals surface area contributed by atoms with Crippen molar-refractivity contribution in [2.45, 2.75) is 19.3 Å². The number of benzene rings is 2. The zero-order valence-electron chi connectivity index (χ0n) is 15.8. The summed E-state index contributed by atoms with van der Waals surface area (Å²) in [4.78, 5) is 26.6. The van der Waals surface area contributed by atoms with Crippen LogP contribution in [-0.2, 0) is 14.9 Å². The van der Waals surface area contributed by atoms with Crippen LogP contribution < -0.4 is 5.32 Å². The number of amides is 1. The minimum atomic E-state index is -1.01. The predicted octanol–water partition coefficient (Wildman–Crippen LogP) is 2.52. The van der Waals surface area contributed by atoms with Gasteiger partial charge in [0.05, 0.1) is 18.5 Å². The van der Waals surface area contributed by atoms with E-state index in [-0.39, 0.29) is 18.8 Å². The summed E-state index contributed by atoms with van der Waals surface area (Å²) in [5.74, 6) is -0.803. The number of nitrogens with one attached hydrogen (secondary N) is 1. The van der Waals surface area contributed by atoms with Gasteiger partial charge in [-0.15, -0.1) is 5.10 Å². The minimum Gasteiger partial charge on any atom is -0.465 e. The fourth-order valence-electron chi connectivity index (χ4n) is 2.79. The molecule has 0 unspecified atom stereocenters. The molecular formula is C21H22N4O3. The Kier molecular flexibility index (Phi) is 5.84. The fraction of sp³-hybridized carbons (Fsp3) is 0.238. The molecule has 0 radical (unpaired) electrons. The number of hydrogen-bond donors (Lipinski definition) is 1. The number of ether oxygens (including phenoxy) is 1. The number of aromatic nitrogens is 3. The molecule has 1 atom stereocenters. The van der Waals surface area contributed by atoms with Crippen LogP contribution in [0.25, 0.3) is 5.69 Å². The molecule has 1 heterocycles. The molecule has 0 fully saturated rings. The molecule has 0 spiro atoms. The van der Waals surface area contributed by atoms with Crippen molar-refractivity contribution in [2.24, 2.45) is 0 Å². The van der Waals surface area contributed by atoms with Crippen LogP contribution >= 0.6 is 0 Å². The SMILES string of the molecule is CCOC(=O)[C@](C)(CNC(=O)c1cnn(-c2ccccc2)n1)c1ccccc1.